The predicted octanol–water partition coefficient (Wildman–Crippen LogP) is 3.16. The number of nitrogens with zero attached hydrogens (tertiary/aromatic N) is 1. The molecule has 21 heavy (non-hydrogen) atoms. The molecule has 2 rings (SSSR count). The maximum Gasteiger partial charge on any atom is 0.172 e. The fourth-order valence-electron chi connectivity index (χ4n) is 3.11. The standard InChI is InChI=1S/C16H25BrN2O2/c1-16(2,3)15(19-7-5-18-6-8-19)11-9-12(17)14(20)13(10-11)21-4/h9-10,15,18,20H,5-8H2,1-4H3/t15-/m0/s1. The van der Waals surface area contributed by atoms with Crippen molar-refractivity contribution in [2.75, 3.05) is 33.3 Å². The monoisotopic (exact) mass is 356 g/mol. The summed E-state index contributed by atoms with van der Waals surface area (Å²) >= 11 is 3.44. The Morgan fingerprint density at radius 3 is 2.43 bits per heavy atom. The molecule has 1 atom stereocenters. The number of phenols is 1. The minimum Gasteiger partial charge on any atom is -0.503 e. The molecule has 1 aliphatic rings. The van der Waals surface area contributed by atoms with E-state index in [0.717, 1.165) is 26.2 Å². The first-order valence-corrected chi connectivity index (χ1v) is 8.15. The molecular formula is C16H25BrN2O2. The van der Waals surface area contributed by atoms with Gasteiger partial charge in [-0.2, -0.15) is 0 Å². The van der Waals surface area contributed by atoms with Crippen LogP contribution in [0.15, 0.2) is 16.6 Å². The molecule has 1 saturated heterocycles. The summed E-state index contributed by atoms with van der Waals surface area (Å²) in [6.07, 6.45) is 0. The Morgan fingerprint density at radius 1 is 1.29 bits per heavy atom. The maximum atomic E-state index is 10.0. The summed E-state index contributed by atoms with van der Waals surface area (Å²) in [5.41, 5.74) is 1.27. The van der Waals surface area contributed by atoms with Gasteiger partial charge in [-0.1, -0.05) is 20.8 Å². The Hall–Kier alpha value is -0.780. The molecular weight excluding hydrogens is 332 g/mol. The van der Waals surface area contributed by atoms with E-state index >= 15 is 0 Å². The fraction of sp³-hybridized carbons (Fsp3) is 0.625. The lowest BCUT2D eigenvalue weighted by atomic mass is 9.81. The van der Waals surface area contributed by atoms with Crippen molar-refractivity contribution in [2.24, 2.45) is 5.41 Å². The number of nitrogens with one attached hydrogen (secondary N) is 1. The molecule has 1 aliphatic heterocycles. The molecule has 0 unspecified atom stereocenters. The number of hydrogen-bond acceptors (Lipinski definition) is 4. The molecule has 1 aromatic rings. The lowest BCUT2D eigenvalue weighted by molar-refractivity contribution is 0.0859. The number of rotatable bonds is 3. The molecule has 0 aromatic heterocycles. The van der Waals surface area contributed by atoms with Gasteiger partial charge in [0.25, 0.3) is 0 Å². The molecule has 0 bridgehead atoms. The van der Waals surface area contributed by atoms with Gasteiger partial charge in [-0.05, 0) is 39.0 Å². The smallest absolute Gasteiger partial charge is 0.172 e. The number of halogens is 1. The first-order chi connectivity index (χ1) is 9.84. The Labute approximate surface area is 135 Å². The van der Waals surface area contributed by atoms with Crippen molar-refractivity contribution in [3.05, 3.63) is 22.2 Å². The van der Waals surface area contributed by atoms with Gasteiger partial charge in [0.15, 0.2) is 11.5 Å². The molecule has 1 fully saturated rings. The summed E-state index contributed by atoms with van der Waals surface area (Å²) in [4.78, 5) is 2.51. The van der Waals surface area contributed by atoms with Crippen molar-refractivity contribution >= 4 is 15.9 Å². The van der Waals surface area contributed by atoms with Gasteiger partial charge in [-0.3, -0.25) is 4.90 Å². The lowest BCUT2D eigenvalue weighted by Gasteiger charge is -2.42. The van der Waals surface area contributed by atoms with Crippen LogP contribution in [0, 0.1) is 5.41 Å². The Bertz CT molecular complexity index is 494. The van der Waals surface area contributed by atoms with Crippen molar-refractivity contribution in [2.45, 2.75) is 26.8 Å². The van der Waals surface area contributed by atoms with Crippen LogP contribution in [0.3, 0.4) is 0 Å². The topological polar surface area (TPSA) is 44.7 Å². The Kier molecular flexibility index (Phi) is 5.17. The van der Waals surface area contributed by atoms with Crippen LogP contribution >= 0.6 is 15.9 Å². The molecule has 0 saturated carbocycles. The lowest BCUT2D eigenvalue weighted by Crippen LogP contribution is -2.48. The number of hydrogen-bond donors (Lipinski definition) is 2. The zero-order chi connectivity index (χ0) is 15.6. The summed E-state index contributed by atoms with van der Waals surface area (Å²) in [6, 6.07) is 4.25. The number of phenolic OH excluding ortho intramolecular Hbond substituents is 1. The number of benzene rings is 1. The summed E-state index contributed by atoms with van der Waals surface area (Å²) in [5, 5.41) is 13.4. The van der Waals surface area contributed by atoms with E-state index < -0.39 is 0 Å². The van der Waals surface area contributed by atoms with Gasteiger partial charge in [0.2, 0.25) is 0 Å². The summed E-state index contributed by atoms with van der Waals surface area (Å²) in [7, 11) is 1.59. The number of methoxy groups -OCH3 is 1. The van der Waals surface area contributed by atoms with Gasteiger partial charge in [-0.15, -0.1) is 0 Å². The van der Waals surface area contributed by atoms with E-state index in [4.69, 9.17) is 4.74 Å². The molecule has 2 N–H and O–H groups in total. The van der Waals surface area contributed by atoms with Crippen LogP contribution in [0.4, 0.5) is 0 Å². The second-order valence-electron chi connectivity index (χ2n) is 6.61. The fourth-order valence-corrected chi connectivity index (χ4v) is 3.57. The minimum atomic E-state index is 0.0960. The molecule has 118 valence electrons. The van der Waals surface area contributed by atoms with Gasteiger partial charge in [0.1, 0.15) is 0 Å². The molecule has 0 aliphatic carbocycles. The van der Waals surface area contributed by atoms with E-state index in [0.29, 0.717) is 10.2 Å². The normalized spacial score (nSPS) is 18.5. The van der Waals surface area contributed by atoms with Crippen LogP contribution in [-0.2, 0) is 0 Å². The van der Waals surface area contributed by atoms with Crippen molar-refractivity contribution in [1.29, 1.82) is 0 Å². The maximum absolute atomic E-state index is 10.0. The SMILES string of the molecule is COc1cc([C@H](N2CCNCC2)C(C)(C)C)cc(Br)c1O. The first kappa shape index (κ1) is 16.6. The van der Waals surface area contributed by atoms with Crippen LogP contribution in [0.2, 0.25) is 0 Å². The Morgan fingerprint density at radius 2 is 1.90 bits per heavy atom. The molecule has 0 radical (unpaired) electrons. The Balaban J connectivity index is 2.43. The average molecular weight is 357 g/mol. The van der Waals surface area contributed by atoms with Crippen molar-refractivity contribution in [3.8, 4) is 11.5 Å². The van der Waals surface area contributed by atoms with Gasteiger partial charge >= 0.3 is 0 Å². The quantitative estimate of drug-likeness (QED) is 0.872. The van der Waals surface area contributed by atoms with E-state index in [-0.39, 0.29) is 17.2 Å². The van der Waals surface area contributed by atoms with E-state index in [2.05, 4.69) is 46.9 Å². The molecule has 1 heterocycles. The van der Waals surface area contributed by atoms with Crippen LogP contribution in [-0.4, -0.2) is 43.3 Å². The van der Waals surface area contributed by atoms with E-state index in [1.165, 1.54) is 5.56 Å². The van der Waals surface area contributed by atoms with Crippen LogP contribution in [0.1, 0.15) is 32.4 Å². The third-order valence-corrected chi connectivity index (χ3v) is 4.53. The van der Waals surface area contributed by atoms with E-state index in [1.807, 2.05) is 12.1 Å². The summed E-state index contributed by atoms with van der Waals surface area (Å²) in [5.74, 6) is 0.679. The highest BCUT2D eigenvalue weighted by Crippen LogP contribution is 2.43. The van der Waals surface area contributed by atoms with Gasteiger partial charge < -0.3 is 15.2 Å². The van der Waals surface area contributed by atoms with Crippen LogP contribution < -0.4 is 10.1 Å². The van der Waals surface area contributed by atoms with Crippen molar-refractivity contribution < 1.29 is 9.84 Å². The first-order valence-electron chi connectivity index (χ1n) is 7.35. The number of ether oxygens (including phenoxy) is 1. The minimum absolute atomic E-state index is 0.0960. The predicted molar refractivity (Wildman–Crippen MR) is 89.0 cm³/mol. The average Bonchev–Trinajstić information content (AvgIpc) is 2.42. The third kappa shape index (κ3) is 3.71. The van der Waals surface area contributed by atoms with Crippen molar-refractivity contribution in [1.82, 2.24) is 10.2 Å². The molecule has 0 amide bonds. The molecule has 5 heteroatoms. The highest BCUT2D eigenvalue weighted by Gasteiger charge is 2.33. The summed E-state index contributed by atoms with van der Waals surface area (Å²) in [6.45, 7) is 10.9. The molecule has 1 aromatic carbocycles. The van der Waals surface area contributed by atoms with E-state index in [1.54, 1.807) is 7.11 Å². The third-order valence-electron chi connectivity index (χ3n) is 3.92. The second kappa shape index (κ2) is 6.55. The largest absolute Gasteiger partial charge is 0.503 e. The number of aromatic hydroxyl groups is 1. The van der Waals surface area contributed by atoms with Gasteiger partial charge in [0.05, 0.1) is 11.6 Å². The zero-order valence-corrected chi connectivity index (χ0v) is 14.8. The van der Waals surface area contributed by atoms with Gasteiger partial charge in [0, 0.05) is 32.2 Å². The highest BCUT2D eigenvalue weighted by atomic mass is 79.9. The highest BCUT2D eigenvalue weighted by molar-refractivity contribution is 9.10. The van der Waals surface area contributed by atoms with Gasteiger partial charge in [-0.25, -0.2) is 0 Å². The second-order valence-corrected chi connectivity index (χ2v) is 7.46. The summed E-state index contributed by atoms with van der Waals surface area (Å²) < 4.78 is 5.99. The van der Waals surface area contributed by atoms with Crippen LogP contribution in [0.5, 0.6) is 11.5 Å². The zero-order valence-electron chi connectivity index (χ0n) is 13.2. The molecule has 0 spiro atoms. The molecule has 4 nitrogen and oxygen atoms in total. The van der Waals surface area contributed by atoms with Crippen LogP contribution in [0.25, 0.3) is 0 Å². The van der Waals surface area contributed by atoms with Crippen molar-refractivity contribution in [3.63, 3.8) is 0 Å². The van der Waals surface area contributed by atoms with E-state index in [9.17, 15) is 5.11 Å². The number of piperazine rings is 1.